The van der Waals surface area contributed by atoms with Crippen molar-refractivity contribution in [2.45, 2.75) is 37.9 Å². The molecule has 3 N–H and O–H groups in total. The van der Waals surface area contributed by atoms with Gasteiger partial charge in [0.2, 0.25) is 11.8 Å². The maximum absolute atomic E-state index is 13.7. The lowest BCUT2D eigenvalue weighted by Crippen LogP contribution is -2.28. The predicted molar refractivity (Wildman–Crippen MR) is 120 cm³/mol. The van der Waals surface area contributed by atoms with E-state index in [1.165, 1.54) is 31.2 Å². The number of aliphatic imine (C=N–C) groups is 1. The van der Waals surface area contributed by atoms with Crippen molar-refractivity contribution in [2.24, 2.45) is 10.7 Å². The van der Waals surface area contributed by atoms with Gasteiger partial charge in [-0.15, -0.1) is 12.6 Å². The summed E-state index contributed by atoms with van der Waals surface area (Å²) in [6.07, 6.45) is -0.244. The van der Waals surface area contributed by atoms with Crippen LogP contribution in [0.1, 0.15) is 36.7 Å². The van der Waals surface area contributed by atoms with E-state index in [1.54, 1.807) is 26.8 Å². The highest BCUT2D eigenvalue weighted by Gasteiger charge is 2.31. The van der Waals surface area contributed by atoms with Crippen LogP contribution in [0, 0.1) is 12.7 Å². The normalized spacial score (nSPS) is 13.6. The van der Waals surface area contributed by atoms with Crippen molar-refractivity contribution in [2.75, 3.05) is 0 Å². The number of hydrogen-bond donors (Lipinski definition) is 3. The van der Waals surface area contributed by atoms with E-state index in [9.17, 15) is 14.0 Å². The van der Waals surface area contributed by atoms with Gasteiger partial charge in [-0.1, -0.05) is 11.8 Å². The first-order chi connectivity index (χ1) is 14.4. The molecule has 0 saturated heterocycles. The lowest BCUT2D eigenvalue weighted by molar-refractivity contribution is -0.136. The molecule has 0 spiro atoms. The number of nitrogens with zero attached hydrogens (tertiary/aromatic N) is 2. The number of aryl methyl sites for hydroxylation is 1. The first-order valence-corrected chi connectivity index (χ1v) is 10.3. The molecule has 1 heterocycles. The Morgan fingerprint density at radius 2 is 1.90 bits per heavy atom. The summed E-state index contributed by atoms with van der Waals surface area (Å²) >= 11 is 4.59. The first kappa shape index (κ1) is 24.5. The number of aromatic nitrogens is 1. The van der Waals surface area contributed by atoms with Gasteiger partial charge in [-0.25, -0.2) is 9.18 Å². The molecule has 1 aromatic carbocycles. The summed E-state index contributed by atoms with van der Waals surface area (Å²) in [4.78, 5) is 31.7. The van der Waals surface area contributed by atoms with Crippen LogP contribution in [-0.4, -0.2) is 37.3 Å². The van der Waals surface area contributed by atoms with Crippen LogP contribution in [0.5, 0.6) is 17.5 Å². The van der Waals surface area contributed by atoms with Gasteiger partial charge in [-0.3, -0.25) is 4.79 Å². The molecule has 0 bridgehead atoms. The summed E-state index contributed by atoms with van der Waals surface area (Å²) in [5.74, 6) is -2.22. The Bertz CT molecular complexity index is 1010. The number of carbonyl (C=O) groups is 2. The molecule has 0 aliphatic rings. The molecule has 1 atom stereocenters. The molecule has 166 valence electrons. The van der Waals surface area contributed by atoms with Gasteiger partial charge in [0.15, 0.2) is 9.25 Å². The lowest BCUT2D eigenvalue weighted by atomic mass is 10.2. The number of carbonyl (C=O) groups excluding carboxylic acids is 1. The number of amidine groups is 1. The van der Waals surface area contributed by atoms with Crippen molar-refractivity contribution in [1.82, 2.24) is 4.98 Å². The summed E-state index contributed by atoms with van der Waals surface area (Å²) in [5.41, 5.74) is 6.39. The van der Waals surface area contributed by atoms with E-state index in [0.29, 0.717) is 17.3 Å². The zero-order valence-corrected chi connectivity index (χ0v) is 19.0. The molecule has 0 aliphatic heterocycles. The van der Waals surface area contributed by atoms with Crippen molar-refractivity contribution in [3.8, 4) is 17.5 Å². The summed E-state index contributed by atoms with van der Waals surface area (Å²) in [6.45, 7) is 6.57. The van der Waals surface area contributed by atoms with Crippen LogP contribution in [0.4, 0.5) is 4.39 Å². The number of carboxylic acids is 1. The molecule has 0 saturated carbocycles. The lowest BCUT2D eigenvalue weighted by Gasteiger charge is -2.16. The number of pyridine rings is 1. The molecule has 1 aromatic heterocycles. The Hall–Kier alpha value is -2.79. The Kier molecular flexibility index (Phi) is 7.91. The molecular weight excluding hydrogens is 445 g/mol. The van der Waals surface area contributed by atoms with Crippen LogP contribution in [0.15, 0.2) is 35.3 Å². The quantitative estimate of drug-likeness (QED) is 0.241. The Labute approximate surface area is 188 Å². The smallest absolute Gasteiger partial charge is 0.329 e. The molecule has 2 rings (SSSR count). The van der Waals surface area contributed by atoms with E-state index in [1.807, 2.05) is 0 Å². The summed E-state index contributed by atoms with van der Waals surface area (Å²) in [7, 11) is 0. The van der Waals surface area contributed by atoms with Crippen molar-refractivity contribution >= 4 is 41.4 Å². The molecule has 8 nitrogen and oxygen atoms in total. The van der Waals surface area contributed by atoms with E-state index >= 15 is 0 Å². The van der Waals surface area contributed by atoms with Crippen LogP contribution in [0.2, 0.25) is 0 Å². The Balaban J connectivity index is 2.37. The fourth-order valence-corrected chi connectivity index (χ4v) is 3.18. The van der Waals surface area contributed by atoms with Gasteiger partial charge in [0, 0.05) is 18.2 Å². The molecule has 0 aliphatic carbocycles. The van der Waals surface area contributed by atoms with Crippen molar-refractivity contribution in [1.29, 1.82) is 0 Å². The fourth-order valence-electron chi connectivity index (χ4n) is 2.28. The highest BCUT2D eigenvalue weighted by atomic mass is 32.2. The van der Waals surface area contributed by atoms with E-state index < -0.39 is 21.8 Å². The first-order valence-electron chi connectivity index (χ1n) is 9.03. The van der Waals surface area contributed by atoms with Gasteiger partial charge in [0.25, 0.3) is 5.91 Å². The number of aliphatic carboxylic acids is 1. The van der Waals surface area contributed by atoms with Gasteiger partial charge < -0.3 is 20.3 Å². The predicted octanol–water partition coefficient (Wildman–Crippen LogP) is 4.03. The van der Waals surface area contributed by atoms with Gasteiger partial charge in [0.1, 0.15) is 11.6 Å². The number of rotatable bonds is 7. The number of hydrogen-bond acceptors (Lipinski definition) is 7. The van der Waals surface area contributed by atoms with E-state index in [0.717, 1.165) is 0 Å². The van der Waals surface area contributed by atoms with Crippen molar-refractivity contribution in [3.05, 3.63) is 47.3 Å². The number of ether oxygens (including phenoxy) is 2. The number of halogens is 1. The molecule has 1 amide bonds. The Morgan fingerprint density at radius 3 is 2.48 bits per heavy atom. The summed E-state index contributed by atoms with van der Waals surface area (Å²) in [6, 6.07) is 6.78. The number of nitrogens with two attached hydrogens (primary N) is 1. The number of thiol groups is 1. The highest BCUT2D eigenvalue weighted by molar-refractivity contribution is 8.22. The topological polar surface area (TPSA) is 124 Å². The second-order valence-corrected chi connectivity index (χ2v) is 9.55. The molecule has 0 fully saturated rings. The number of carboxylic acid groups (broad SMARTS) is 1. The third-order valence-corrected chi connectivity index (χ3v) is 4.87. The molecule has 2 aromatic rings. The highest BCUT2D eigenvalue weighted by Crippen LogP contribution is 2.30. The molecule has 0 radical (unpaired) electrons. The average Bonchev–Trinajstić information content (AvgIpc) is 2.59. The second kappa shape index (κ2) is 10.0. The third-order valence-electron chi connectivity index (χ3n) is 3.53. The molecule has 1 unspecified atom stereocenters. The van der Waals surface area contributed by atoms with Crippen LogP contribution < -0.4 is 15.2 Å². The number of thioether (sulfide) groups is 1. The maximum Gasteiger partial charge on any atom is 0.329 e. The summed E-state index contributed by atoms with van der Waals surface area (Å²) < 4.78 is 23.3. The Morgan fingerprint density at radius 1 is 1.26 bits per heavy atom. The molecular formula is C20H22FN3O5S2. The van der Waals surface area contributed by atoms with Crippen LogP contribution in [-0.2, 0) is 4.79 Å². The number of amides is 1. The zero-order chi connectivity index (χ0) is 23.3. The standard InChI is InChI=1S/C20H22FN3O5S2/c1-10(2)28-15-7-12(17(25)24-19(22)31-20(4,30)18(26)27)8-16(23-15)29-14-6-11(3)5-13(21)9-14/h5-10,30H,1-4H3,(H,26,27)(H2,22,24,25). The second-order valence-electron chi connectivity index (χ2n) is 6.91. The van der Waals surface area contributed by atoms with Crippen molar-refractivity contribution < 1.29 is 28.6 Å². The minimum atomic E-state index is -1.57. The molecule has 11 heteroatoms. The van der Waals surface area contributed by atoms with E-state index in [4.69, 9.17) is 20.3 Å². The zero-order valence-electron chi connectivity index (χ0n) is 17.2. The fraction of sp³-hybridized carbons (Fsp3) is 0.300. The maximum atomic E-state index is 13.7. The minimum absolute atomic E-state index is 0.0162. The SMILES string of the molecule is Cc1cc(F)cc(Oc2cc(C(=O)N=C(N)SC(C)(S)C(=O)O)cc(OC(C)C)n2)c1. The average molecular weight is 468 g/mol. The van der Waals surface area contributed by atoms with E-state index in [-0.39, 0.29) is 34.3 Å². The van der Waals surface area contributed by atoms with E-state index in [2.05, 4.69) is 22.6 Å². The monoisotopic (exact) mass is 467 g/mol. The largest absolute Gasteiger partial charge is 0.480 e. The molecule has 31 heavy (non-hydrogen) atoms. The van der Waals surface area contributed by atoms with Gasteiger partial charge in [-0.2, -0.15) is 9.98 Å². The summed E-state index contributed by atoms with van der Waals surface area (Å²) in [5, 5.41) is 8.84. The van der Waals surface area contributed by atoms with Crippen LogP contribution in [0.25, 0.3) is 0 Å². The third kappa shape index (κ3) is 7.44. The van der Waals surface area contributed by atoms with Crippen LogP contribution in [0.3, 0.4) is 0 Å². The van der Waals surface area contributed by atoms with Crippen LogP contribution >= 0.6 is 24.4 Å². The van der Waals surface area contributed by atoms with Gasteiger partial charge >= 0.3 is 5.97 Å². The van der Waals surface area contributed by atoms with Gasteiger partial charge in [0.05, 0.1) is 11.7 Å². The van der Waals surface area contributed by atoms with Gasteiger partial charge in [-0.05, 0) is 45.4 Å². The van der Waals surface area contributed by atoms with Crippen molar-refractivity contribution in [3.63, 3.8) is 0 Å². The minimum Gasteiger partial charge on any atom is -0.480 e. The number of benzene rings is 1.